The molecule has 0 aliphatic rings. The molecule has 1 unspecified atom stereocenters. The second-order valence-corrected chi connectivity index (χ2v) is 6.06. The summed E-state index contributed by atoms with van der Waals surface area (Å²) in [6, 6.07) is 13.4. The van der Waals surface area contributed by atoms with Gasteiger partial charge >= 0.3 is 0 Å². The topological polar surface area (TPSA) is 59.3 Å². The molecule has 6 heteroatoms. The van der Waals surface area contributed by atoms with E-state index < -0.39 is 0 Å². The minimum absolute atomic E-state index is 0.00771. The number of nitrogens with one attached hydrogen (secondary N) is 1. The number of rotatable bonds is 6. The molecule has 0 amide bonds. The molecule has 0 fully saturated rings. The molecule has 0 aliphatic heterocycles. The summed E-state index contributed by atoms with van der Waals surface area (Å²) in [7, 11) is 2.00. The van der Waals surface area contributed by atoms with Crippen LogP contribution in [-0.4, -0.2) is 27.9 Å². The van der Waals surface area contributed by atoms with Gasteiger partial charge < -0.3 is 19.7 Å². The minimum Gasteiger partial charge on any atom is -0.491 e. The van der Waals surface area contributed by atoms with Crippen molar-refractivity contribution in [3.63, 3.8) is 0 Å². The van der Waals surface area contributed by atoms with E-state index in [1.807, 2.05) is 49.5 Å². The van der Waals surface area contributed by atoms with Crippen molar-refractivity contribution in [2.24, 2.45) is 7.05 Å². The van der Waals surface area contributed by atoms with Crippen LogP contribution < -0.4 is 10.1 Å². The van der Waals surface area contributed by atoms with E-state index >= 15 is 0 Å². The average Bonchev–Trinajstić information content (AvgIpc) is 2.90. The first-order valence-corrected chi connectivity index (χ1v) is 8.18. The van der Waals surface area contributed by atoms with Crippen LogP contribution in [0.25, 0.3) is 11.0 Å². The molecule has 5 nitrogen and oxygen atoms in total. The number of aliphatic hydroxyl groups excluding tert-OH is 1. The Labute approximate surface area is 145 Å². The monoisotopic (exact) mass is 345 g/mol. The minimum atomic E-state index is 0.00771. The first-order valence-electron chi connectivity index (χ1n) is 7.80. The molecule has 0 saturated carbocycles. The fraction of sp³-hybridized carbons (Fsp3) is 0.278. The normalized spacial score (nSPS) is 12.3. The van der Waals surface area contributed by atoms with Gasteiger partial charge in [-0.2, -0.15) is 0 Å². The summed E-state index contributed by atoms with van der Waals surface area (Å²) in [4.78, 5) is 4.69. The van der Waals surface area contributed by atoms with Gasteiger partial charge in [0.05, 0.1) is 23.7 Å². The van der Waals surface area contributed by atoms with Gasteiger partial charge in [0.1, 0.15) is 18.2 Å². The fourth-order valence-corrected chi connectivity index (χ4v) is 2.87. The smallest absolute Gasteiger partial charge is 0.131 e. The van der Waals surface area contributed by atoms with Crippen molar-refractivity contribution in [3.05, 3.63) is 53.3 Å². The van der Waals surface area contributed by atoms with Crippen molar-refractivity contribution in [1.82, 2.24) is 9.55 Å². The third-order valence-electron chi connectivity index (χ3n) is 3.86. The van der Waals surface area contributed by atoms with Crippen LogP contribution in [0, 0.1) is 0 Å². The predicted molar refractivity (Wildman–Crippen MR) is 96.8 cm³/mol. The van der Waals surface area contributed by atoms with E-state index in [2.05, 4.69) is 16.8 Å². The molecule has 1 atom stereocenters. The first kappa shape index (κ1) is 16.6. The van der Waals surface area contributed by atoms with Gasteiger partial charge in [-0.15, -0.1) is 0 Å². The highest BCUT2D eigenvalue weighted by Crippen LogP contribution is 2.25. The zero-order valence-corrected chi connectivity index (χ0v) is 14.4. The van der Waals surface area contributed by atoms with Gasteiger partial charge in [-0.05, 0) is 49.4 Å². The summed E-state index contributed by atoms with van der Waals surface area (Å²) < 4.78 is 7.43. The highest BCUT2D eigenvalue weighted by atomic mass is 35.5. The molecule has 126 valence electrons. The number of ether oxygens (including phenoxy) is 1. The van der Waals surface area contributed by atoms with Crippen LogP contribution in [0.3, 0.4) is 0 Å². The molecule has 0 bridgehead atoms. The number of anilines is 1. The Morgan fingerprint density at radius 1 is 1.25 bits per heavy atom. The van der Waals surface area contributed by atoms with E-state index in [9.17, 15) is 0 Å². The van der Waals surface area contributed by atoms with Gasteiger partial charge in [0.2, 0.25) is 0 Å². The van der Waals surface area contributed by atoms with Crippen LogP contribution in [0.4, 0.5) is 5.69 Å². The Kier molecular flexibility index (Phi) is 4.92. The van der Waals surface area contributed by atoms with E-state index in [1.54, 1.807) is 0 Å². The number of fused-ring (bicyclic) bond motifs is 1. The van der Waals surface area contributed by atoms with Gasteiger partial charge in [-0.3, -0.25) is 0 Å². The lowest BCUT2D eigenvalue weighted by Gasteiger charge is -2.15. The number of aliphatic hydroxyl groups is 1. The molecule has 2 N–H and O–H groups in total. The van der Waals surface area contributed by atoms with Crippen LogP contribution in [0.2, 0.25) is 5.02 Å². The fourth-order valence-electron chi connectivity index (χ4n) is 2.70. The second-order valence-electron chi connectivity index (χ2n) is 5.62. The Morgan fingerprint density at radius 3 is 2.71 bits per heavy atom. The number of hydrogen-bond donors (Lipinski definition) is 2. The number of halogens is 1. The summed E-state index contributed by atoms with van der Waals surface area (Å²) >= 11 is 6.05. The largest absolute Gasteiger partial charge is 0.491 e. The number of aromatic nitrogens is 2. The lowest BCUT2D eigenvalue weighted by atomic mass is 10.2. The van der Waals surface area contributed by atoms with Crippen molar-refractivity contribution in [2.75, 3.05) is 18.5 Å². The average molecular weight is 346 g/mol. The van der Waals surface area contributed by atoms with Gasteiger partial charge in [-0.25, -0.2) is 4.98 Å². The zero-order valence-electron chi connectivity index (χ0n) is 13.7. The SMILES string of the molecule is CC(Nc1ccc(OCCO)cc1)c1nc2cc(Cl)ccc2n1C. The van der Waals surface area contributed by atoms with Crippen molar-refractivity contribution < 1.29 is 9.84 Å². The molecule has 0 saturated heterocycles. The second kappa shape index (κ2) is 7.11. The van der Waals surface area contributed by atoms with Gasteiger partial charge in [-0.1, -0.05) is 11.6 Å². The Balaban J connectivity index is 1.77. The quantitative estimate of drug-likeness (QED) is 0.714. The van der Waals surface area contributed by atoms with Crippen molar-refractivity contribution in [1.29, 1.82) is 0 Å². The van der Waals surface area contributed by atoms with E-state index in [0.717, 1.165) is 28.3 Å². The Bertz CT molecular complexity index is 830. The number of nitrogens with zero attached hydrogens (tertiary/aromatic N) is 2. The molecule has 0 aliphatic carbocycles. The van der Waals surface area contributed by atoms with E-state index in [-0.39, 0.29) is 12.6 Å². The lowest BCUT2D eigenvalue weighted by Crippen LogP contribution is -2.12. The summed E-state index contributed by atoms with van der Waals surface area (Å²) in [6.45, 7) is 2.37. The molecule has 24 heavy (non-hydrogen) atoms. The van der Waals surface area contributed by atoms with Crippen molar-refractivity contribution in [2.45, 2.75) is 13.0 Å². The Hall–Kier alpha value is -2.24. The third-order valence-corrected chi connectivity index (χ3v) is 4.10. The standard InChI is InChI=1S/C18H20ClN3O2/c1-12(20-14-4-6-15(7-5-14)24-10-9-23)18-21-16-11-13(19)3-8-17(16)22(18)2/h3-8,11-12,20,23H,9-10H2,1-2H3. The van der Waals surface area contributed by atoms with Crippen LogP contribution in [0.1, 0.15) is 18.8 Å². The molecule has 0 radical (unpaired) electrons. The highest BCUT2D eigenvalue weighted by Gasteiger charge is 2.14. The van der Waals surface area contributed by atoms with Crippen LogP contribution in [0.5, 0.6) is 5.75 Å². The maximum absolute atomic E-state index is 8.78. The first-order chi connectivity index (χ1) is 11.6. The van der Waals surface area contributed by atoms with Crippen molar-refractivity contribution >= 4 is 28.3 Å². The van der Waals surface area contributed by atoms with Gasteiger partial charge in [0.15, 0.2) is 0 Å². The molecule has 1 heterocycles. The van der Waals surface area contributed by atoms with Crippen LogP contribution in [-0.2, 0) is 7.05 Å². The van der Waals surface area contributed by atoms with Crippen molar-refractivity contribution in [3.8, 4) is 5.75 Å². The van der Waals surface area contributed by atoms with Crippen LogP contribution in [0.15, 0.2) is 42.5 Å². The van der Waals surface area contributed by atoms with Gasteiger partial charge in [0.25, 0.3) is 0 Å². The summed E-state index contributed by atoms with van der Waals surface area (Å²) in [5.74, 6) is 1.67. The molecular weight excluding hydrogens is 326 g/mol. The summed E-state index contributed by atoms with van der Waals surface area (Å²) in [5.41, 5.74) is 2.92. The molecule has 0 spiro atoms. The predicted octanol–water partition coefficient (Wildman–Crippen LogP) is 3.77. The maximum Gasteiger partial charge on any atom is 0.131 e. The molecular formula is C18H20ClN3O2. The molecule has 3 rings (SSSR count). The number of imidazole rings is 1. The zero-order chi connectivity index (χ0) is 17.1. The van der Waals surface area contributed by atoms with E-state index in [4.69, 9.17) is 26.4 Å². The van der Waals surface area contributed by atoms with E-state index in [1.165, 1.54) is 0 Å². The number of benzene rings is 2. The van der Waals surface area contributed by atoms with Crippen LogP contribution >= 0.6 is 11.6 Å². The van der Waals surface area contributed by atoms with E-state index in [0.29, 0.717) is 11.6 Å². The number of hydrogen-bond acceptors (Lipinski definition) is 4. The maximum atomic E-state index is 8.78. The Morgan fingerprint density at radius 2 is 2.00 bits per heavy atom. The number of aryl methyl sites for hydroxylation is 1. The molecule has 2 aromatic carbocycles. The molecule has 3 aromatic rings. The molecule has 1 aromatic heterocycles. The third kappa shape index (κ3) is 3.47. The highest BCUT2D eigenvalue weighted by molar-refractivity contribution is 6.31. The lowest BCUT2D eigenvalue weighted by molar-refractivity contribution is 0.201. The van der Waals surface area contributed by atoms with Gasteiger partial charge in [0, 0.05) is 17.8 Å². The summed E-state index contributed by atoms with van der Waals surface area (Å²) in [6.07, 6.45) is 0. The summed E-state index contributed by atoms with van der Waals surface area (Å²) in [5, 5.41) is 12.9.